The number of aryl methyl sites for hydroxylation is 1. The Labute approximate surface area is 115 Å². The summed E-state index contributed by atoms with van der Waals surface area (Å²) in [5, 5.41) is 20.1. The molecule has 0 atom stereocenters. The SMILES string of the molecule is CCn1c2ccc(C=N)cc2c2cc([N+](=O)[O-])ccc21. The quantitative estimate of drug-likeness (QED) is 0.446. The lowest BCUT2D eigenvalue weighted by Crippen LogP contribution is -1.93. The number of nitrogens with one attached hydrogen (secondary N) is 1. The van der Waals surface area contributed by atoms with E-state index in [0.717, 1.165) is 33.9 Å². The van der Waals surface area contributed by atoms with Crippen molar-refractivity contribution >= 4 is 33.7 Å². The van der Waals surface area contributed by atoms with E-state index in [1.165, 1.54) is 12.3 Å². The van der Waals surface area contributed by atoms with E-state index < -0.39 is 0 Å². The van der Waals surface area contributed by atoms with Crippen LogP contribution in [0.5, 0.6) is 0 Å². The van der Waals surface area contributed by atoms with Crippen molar-refractivity contribution in [1.82, 2.24) is 4.57 Å². The van der Waals surface area contributed by atoms with Gasteiger partial charge in [0.05, 0.1) is 4.92 Å². The second-order valence-electron chi connectivity index (χ2n) is 4.62. The van der Waals surface area contributed by atoms with Gasteiger partial charge in [-0.1, -0.05) is 6.07 Å². The molecule has 0 aliphatic rings. The van der Waals surface area contributed by atoms with Crippen LogP contribution in [-0.2, 0) is 6.54 Å². The van der Waals surface area contributed by atoms with E-state index in [2.05, 4.69) is 4.57 Å². The van der Waals surface area contributed by atoms with Crippen LogP contribution < -0.4 is 0 Å². The van der Waals surface area contributed by atoms with Crippen molar-refractivity contribution in [1.29, 1.82) is 5.41 Å². The number of benzene rings is 2. The second-order valence-corrected chi connectivity index (χ2v) is 4.62. The molecule has 2 aromatic carbocycles. The summed E-state index contributed by atoms with van der Waals surface area (Å²) < 4.78 is 2.13. The Morgan fingerprint density at radius 1 is 1.20 bits per heavy atom. The van der Waals surface area contributed by atoms with Crippen LogP contribution in [0.2, 0.25) is 0 Å². The average molecular weight is 267 g/mol. The minimum absolute atomic E-state index is 0.0907. The van der Waals surface area contributed by atoms with E-state index in [1.54, 1.807) is 12.1 Å². The summed E-state index contributed by atoms with van der Waals surface area (Å²) >= 11 is 0. The maximum atomic E-state index is 10.9. The number of non-ortho nitro benzene ring substituents is 1. The lowest BCUT2D eigenvalue weighted by molar-refractivity contribution is -0.384. The van der Waals surface area contributed by atoms with E-state index in [-0.39, 0.29) is 10.6 Å². The van der Waals surface area contributed by atoms with Crippen molar-refractivity contribution in [2.24, 2.45) is 0 Å². The predicted octanol–water partition coefficient (Wildman–Crippen LogP) is 3.72. The van der Waals surface area contributed by atoms with Gasteiger partial charge in [-0.3, -0.25) is 10.1 Å². The monoisotopic (exact) mass is 267 g/mol. The van der Waals surface area contributed by atoms with Gasteiger partial charge in [0.15, 0.2) is 0 Å². The molecule has 1 aromatic heterocycles. The van der Waals surface area contributed by atoms with Gasteiger partial charge in [-0.2, -0.15) is 0 Å². The summed E-state index contributed by atoms with van der Waals surface area (Å²) in [5.74, 6) is 0. The Balaban J connectivity index is 2.47. The molecule has 0 saturated carbocycles. The fourth-order valence-corrected chi connectivity index (χ4v) is 2.65. The molecule has 100 valence electrons. The molecular formula is C15H13N3O2. The first-order valence-electron chi connectivity index (χ1n) is 6.36. The predicted molar refractivity (Wildman–Crippen MR) is 79.7 cm³/mol. The topological polar surface area (TPSA) is 71.9 Å². The first kappa shape index (κ1) is 12.3. The molecule has 0 aliphatic heterocycles. The zero-order valence-electron chi connectivity index (χ0n) is 11.0. The minimum Gasteiger partial charge on any atom is -0.341 e. The largest absolute Gasteiger partial charge is 0.341 e. The number of nitro groups is 1. The van der Waals surface area contributed by atoms with Gasteiger partial charge < -0.3 is 9.98 Å². The number of nitrogens with zero attached hydrogens (tertiary/aromatic N) is 2. The van der Waals surface area contributed by atoms with Gasteiger partial charge in [0.25, 0.3) is 5.69 Å². The van der Waals surface area contributed by atoms with E-state index in [0.29, 0.717) is 0 Å². The lowest BCUT2D eigenvalue weighted by Gasteiger charge is -2.02. The van der Waals surface area contributed by atoms with Crippen LogP contribution in [0.4, 0.5) is 5.69 Å². The van der Waals surface area contributed by atoms with E-state index in [1.807, 2.05) is 25.1 Å². The van der Waals surface area contributed by atoms with Crippen LogP contribution in [0, 0.1) is 15.5 Å². The zero-order chi connectivity index (χ0) is 14.3. The molecule has 0 saturated heterocycles. The number of nitro benzene ring substituents is 1. The molecule has 3 aromatic rings. The zero-order valence-corrected chi connectivity index (χ0v) is 11.0. The highest BCUT2D eigenvalue weighted by molar-refractivity contribution is 6.10. The third-order valence-corrected chi connectivity index (χ3v) is 3.57. The Morgan fingerprint density at radius 2 is 1.85 bits per heavy atom. The maximum absolute atomic E-state index is 10.9. The standard InChI is InChI=1S/C15H13N3O2/c1-2-17-14-5-3-10(9-16)7-12(14)13-8-11(18(19)20)4-6-15(13)17/h3-9,16H,2H2,1H3. The molecule has 3 rings (SSSR count). The Hall–Kier alpha value is -2.69. The maximum Gasteiger partial charge on any atom is 0.270 e. The summed E-state index contributed by atoms with van der Waals surface area (Å²) in [7, 11) is 0. The fourth-order valence-electron chi connectivity index (χ4n) is 2.65. The Morgan fingerprint density at radius 3 is 2.45 bits per heavy atom. The third kappa shape index (κ3) is 1.67. The number of aromatic nitrogens is 1. The van der Waals surface area contributed by atoms with Crippen LogP contribution in [0.25, 0.3) is 21.8 Å². The van der Waals surface area contributed by atoms with Crippen molar-refractivity contribution in [2.75, 3.05) is 0 Å². The van der Waals surface area contributed by atoms with Gasteiger partial charge in [-0.25, -0.2) is 0 Å². The molecule has 1 N–H and O–H groups in total. The van der Waals surface area contributed by atoms with Crippen LogP contribution in [0.15, 0.2) is 36.4 Å². The highest BCUT2D eigenvalue weighted by Gasteiger charge is 2.14. The van der Waals surface area contributed by atoms with Gasteiger partial charge in [0.1, 0.15) is 0 Å². The van der Waals surface area contributed by atoms with Crippen LogP contribution in [0.3, 0.4) is 0 Å². The molecule has 0 unspecified atom stereocenters. The smallest absolute Gasteiger partial charge is 0.270 e. The minimum atomic E-state index is -0.380. The molecule has 5 nitrogen and oxygen atoms in total. The molecule has 5 heteroatoms. The summed E-state index contributed by atoms with van der Waals surface area (Å²) in [6, 6.07) is 10.7. The molecule has 0 radical (unpaired) electrons. The van der Waals surface area contributed by atoms with Crippen molar-refractivity contribution in [2.45, 2.75) is 13.5 Å². The number of hydrogen-bond donors (Lipinski definition) is 1. The number of rotatable bonds is 3. The van der Waals surface area contributed by atoms with Gasteiger partial charge in [0.2, 0.25) is 0 Å². The highest BCUT2D eigenvalue weighted by Crippen LogP contribution is 2.32. The van der Waals surface area contributed by atoms with Gasteiger partial charge in [-0.05, 0) is 30.7 Å². The molecule has 0 aliphatic carbocycles. The first-order chi connectivity index (χ1) is 9.65. The molecule has 20 heavy (non-hydrogen) atoms. The number of fused-ring (bicyclic) bond motifs is 3. The summed E-state index contributed by atoms with van der Waals surface area (Å²) in [5.41, 5.74) is 2.90. The van der Waals surface area contributed by atoms with E-state index >= 15 is 0 Å². The molecular weight excluding hydrogens is 254 g/mol. The van der Waals surface area contributed by atoms with Crippen molar-refractivity contribution in [3.05, 3.63) is 52.1 Å². The van der Waals surface area contributed by atoms with Crippen LogP contribution in [-0.4, -0.2) is 15.7 Å². The molecule has 0 amide bonds. The summed E-state index contributed by atoms with van der Waals surface area (Å²) in [4.78, 5) is 10.6. The molecule has 1 heterocycles. The van der Waals surface area contributed by atoms with Crippen molar-refractivity contribution in [3.63, 3.8) is 0 Å². The average Bonchev–Trinajstić information content (AvgIpc) is 2.79. The van der Waals surface area contributed by atoms with Gasteiger partial charge in [-0.15, -0.1) is 0 Å². The fraction of sp³-hybridized carbons (Fsp3) is 0.133. The summed E-state index contributed by atoms with van der Waals surface area (Å²) in [6.07, 6.45) is 1.28. The highest BCUT2D eigenvalue weighted by atomic mass is 16.6. The molecule has 0 bridgehead atoms. The van der Waals surface area contributed by atoms with E-state index in [9.17, 15) is 10.1 Å². The molecule has 0 spiro atoms. The van der Waals surface area contributed by atoms with Crippen LogP contribution >= 0.6 is 0 Å². The third-order valence-electron chi connectivity index (χ3n) is 3.57. The lowest BCUT2D eigenvalue weighted by atomic mass is 10.1. The Kier molecular flexibility index (Phi) is 2.75. The number of hydrogen-bond acceptors (Lipinski definition) is 3. The Bertz CT molecular complexity index is 849. The first-order valence-corrected chi connectivity index (χ1v) is 6.36. The molecule has 0 fully saturated rings. The van der Waals surface area contributed by atoms with Crippen molar-refractivity contribution < 1.29 is 4.92 Å². The second kappa shape index (κ2) is 4.45. The van der Waals surface area contributed by atoms with Gasteiger partial charge >= 0.3 is 0 Å². The van der Waals surface area contributed by atoms with E-state index in [4.69, 9.17) is 5.41 Å². The normalized spacial score (nSPS) is 11.1. The summed E-state index contributed by atoms with van der Waals surface area (Å²) in [6.45, 7) is 2.84. The van der Waals surface area contributed by atoms with Crippen LogP contribution in [0.1, 0.15) is 12.5 Å². The van der Waals surface area contributed by atoms with Crippen molar-refractivity contribution in [3.8, 4) is 0 Å². The van der Waals surface area contributed by atoms with Gasteiger partial charge in [0, 0.05) is 46.7 Å².